The van der Waals surface area contributed by atoms with Crippen LogP contribution in [-0.4, -0.2) is 11.7 Å². The Morgan fingerprint density at radius 1 is 0.977 bits per heavy atom. The van der Waals surface area contributed by atoms with Crippen LogP contribution in [0.5, 0.6) is 0 Å². The van der Waals surface area contributed by atoms with E-state index in [4.69, 9.17) is 10.8 Å². The first kappa shape index (κ1) is 48.0. The molecule has 1 aliphatic rings. The van der Waals surface area contributed by atoms with Gasteiger partial charge in [-0.3, -0.25) is 0 Å². The minimum Gasteiger partial charge on any atom is -0.516 e. The topological polar surface area (TPSA) is 46.2 Å². The van der Waals surface area contributed by atoms with Gasteiger partial charge in [-0.15, -0.1) is 6.58 Å². The van der Waals surface area contributed by atoms with E-state index in [0.717, 1.165) is 41.4 Å². The van der Waals surface area contributed by atoms with Gasteiger partial charge >= 0.3 is 0 Å². The Morgan fingerprint density at radius 3 is 1.91 bits per heavy atom. The molecule has 2 nitrogen and oxygen atoms in total. The average Bonchev–Trinajstić information content (AvgIpc) is 3.02. The number of halogens is 1. The Kier molecular flexibility index (Phi) is 36.0. The van der Waals surface area contributed by atoms with Gasteiger partial charge in [-0.2, -0.15) is 0 Å². The Bertz CT molecular complexity index is 1050. The van der Waals surface area contributed by atoms with Crippen molar-refractivity contribution >= 4 is 0 Å². The van der Waals surface area contributed by atoms with Crippen molar-refractivity contribution in [1.82, 2.24) is 0 Å². The molecule has 1 aliphatic carbocycles. The van der Waals surface area contributed by atoms with E-state index in [2.05, 4.69) is 85.1 Å². The highest BCUT2D eigenvalue weighted by Gasteiger charge is 2.19. The van der Waals surface area contributed by atoms with Crippen LogP contribution in [0, 0.1) is 12.7 Å². The molecule has 3 heteroatoms. The minimum atomic E-state index is -0.147. The minimum absolute atomic E-state index is 0.000302. The molecule has 252 valence electrons. The van der Waals surface area contributed by atoms with Crippen LogP contribution in [0.2, 0.25) is 0 Å². The molecule has 2 aromatic carbocycles. The predicted octanol–water partition coefficient (Wildman–Crippen LogP) is 13.2. The Hall–Kier alpha value is -2.91. The quantitative estimate of drug-likeness (QED) is 0.242. The summed E-state index contributed by atoms with van der Waals surface area (Å²) in [5.41, 5.74) is 15.1. The maximum atomic E-state index is 14.8. The molecule has 44 heavy (non-hydrogen) atoms. The van der Waals surface area contributed by atoms with Gasteiger partial charge in [0, 0.05) is 5.92 Å². The second kappa shape index (κ2) is 33.0. The van der Waals surface area contributed by atoms with Gasteiger partial charge < -0.3 is 10.8 Å². The summed E-state index contributed by atoms with van der Waals surface area (Å²) in [4.78, 5) is 0. The molecule has 0 saturated heterocycles. The molecule has 1 atom stereocenters. The van der Waals surface area contributed by atoms with E-state index in [0.29, 0.717) is 13.0 Å². The van der Waals surface area contributed by atoms with E-state index in [-0.39, 0.29) is 11.7 Å². The van der Waals surface area contributed by atoms with Gasteiger partial charge in [-0.25, -0.2) is 4.39 Å². The maximum Gasteiger partial charge on any atom is 0.127 e. The van der Waals surface area contributed by atoms with Crippen molar-refractivity contribution < 1.29 is 9.50 Å². The monoisotopic (exact) mass is 612 g/mol. The summed E-state index contributed by atoms with van der Waals surface area (Å²) < 4.78 is 14.8. The van der Waals surface area contributed by atoms with Crippen LogP contribution >= 0.6 is 0 Å². The lowest BCUT2D eigenvalue weighted by Crippen LogP contribution is -2.08. The van der Waals surface area contributed by atoms with Crippen molar-refractivity contribution in [2.24, 2.45) is 5.73 Å². The van der Waals surface area contributed by atoms with E-state index in [1.165, 1.54) is 36.0 Å². The normalized spacial score (nSPS) is 11.3. The zero-order valence-corrected chi connectivity index (χ0v) is 31.0. The van der Waals surface area contributed by atoms with E-state index in [1.54, 1.807) is 11.6 Å². The predicted molar refractivity (Wildman–Crippen MR) is 201 cm³/mol. The second-order valence-electron chi connectivity index (χ2n) is 9.94. The molecule has 0 fully saturated rings. The number of hydrogen-bond donors (Lipinski definition) is 2. The lowest BCUT2D eigenvalue weighted by atomic mass is 9.84. The molecule has 0 heterocycles. The van der Waals surface area contributed by atoms with Crippen LogP contribution in [-0.2, 0) is 12.8 Å². The zero-order chi connectivity index (χ0) is 35.1. The number of aryl methyl sites for hydroxylation is 2. The molecule has 2 aromatic rings. The molecule has 1 unspecified atom stereocenters. The number of hydrogen-bond acceptors (Lipinski definition) is 2. The van der Waals surface area contributed by atoms with Gasteiger partial charge in [-0.05, 0) is 100 Å². The van der Waals surface area contributed by atoms with Crippen molar-refractivity contribution in [2.75, 3.05) is 6.54 Å². The fourth-order valence-electron chi connectivity index (χ4n) is 4.12. The summed E-state index contributed by atoms with van der Waals surface area (Å²) in [6.07, 6.45) is 11.4. The van der Waals surface area contributed by atoms with Crippen LogP contribution < -0.4 is 5.73 Å². The van der Waals surface area contributed by atoms with E-state index < -0.39 is 0 Å². The SMILES string of the molecule is C=C(C)CC(c1ccc(C)c(CC)c1)c1ccc(CCN)cc1F.C=CO.CC.CC.CC.CC1=C(C)CCC=C1.CCC. The van der Waals surface area contributed by atoms with Gasteiger partial charge in [-0.1, -0.05) is 135 Å². The molecule has 0 saturated carbocycles. The summed E-state index contributed by atoms with van der Waals surface area (Å²) in [6, 6.07) is 12.0. The molecule has 0 amide bonds. The zero-order valence-electron chi connectivity index (χ0n) is 31.0. The maximum absolute atomic E-state index is 14.8. The first-order chi connectivity index (χ1) is 21.1. The molecule has 3 rings (SSSR count). The third kappa shape index (κ3) is 21.7. The summed E-state index contributed by atoms with van der Waals surface area (Å²) in [5.74, 6) is -0.147. The summed E-state index contributed by atoms with van der Waals surface area (Å²) in [7, 11) is 0. The molecular weight excluding hydrogens is 541 g/mol. The highest BCUT2D eigenvalue weighted by atomic mass is 19.1. The number of aliphatic hydroxyl groups excluding tert-OH is 1. The van der Waals surface area contributed by atoms with E-state index in [9.17, 15) is 4.39 Å². The molecule has 3 N–H and O–H groups in total. The Balaban J connectivity index is -0.000000328. The van der Waals surface area contributed by atoms with Crippen molar-refractivity contribution in [2.45, 2.75) is 134 Å². The van der Waals surface area contributed by atoms with E-state index in [1.807, 2.05) is 60.6 Å². The highest BCUT2D eigenvalue weighted by molar-refractivity contribution is 5.40. The summed E-state index contributed by atoms with van der Waals surface area (Å²) >= 11 is 0. The van der Waals surface area contributed by atoms with Gasteiger partial charge in [0.25, 0.3) is 0 Å². The number of benzene rings is 2. The lowest BCUT2D eigenvalue weighted by Gasteiger charge is -2.21. The number of nitrogens with two attached hydrogens (primary N) is 1. The largest absolute Gasteiger partial charge is 0.516 e. The Morgan fingerprint density at radius 2 is 1.52 bits per heavy atom. The lowest BCUT2D eigenvalue weighted by molar-refractivity contribution is 0.476. The second-order valence-corrected chi connectivity index (χ2v) is 9.94. The molecule has 0 radical (unpaired) electrons. The highest BCUT2D eigenvalue weighted by Crippen LogP contribution is 2.33. The number of allylic oxidation sites excluding steroid dienone is 5. The average molecular weight is 612 g/mol. The smallest absolute Gasteiger partial charge is 0.127 e. The first-order valence-corrected chi connectivity index (χ1v) is 16.9. The number of aliphatic hydroxyl groups is 1. The van der Waals surface area contributed by atoms with Gasteiger partial charge in [0.2, 0.25) is 0 Å². The molecule has 0 spiro atoms. The number of rotatable bonds is 7. The van der Waals surface area contributed by atoms with Gasteiger partial charge in [0.1, 0.15) is 5.82 Å². The molecular formula is C41H70FNO. The molecule has 0 bridgehead atoms. The van der Waals surface area contributed by atoms with Crippen molar-refractivity contribution in [3.8, 4) is 0 Å². The van der Waals surface area contributed by atoms with Crippen molar-refractivity contribution in [3.05, 3.63) is 118 Å². The van der Waals surface area contributed by atoms with Gasteiger partial charge in [0.15, 0.2) is 0 Å². The standard InChI is InChI=1S/C22H28FN.C8H12.C3H8.C2H4O.3C2H6/c1-5-18-14-19(8-6-16(18)4)21(12-15(2)3)20-9-7-17(10-11-24)13-22(20)23;1-7-5-3-4-6-8(7)2;1-3-2;1-2-3;3*1-2/h6-9,13-14,21H,2,5,10-12,24H2,1,3-4H3;3,5H,4,6H2,1-2H3;3H2,1-2H3;2-3H,1H2;3*1-2H3. The fraction of sp³-hybridized carbons (Fsp3) is 0.512. The van der Waals surface area contributed by atoms with E-state index >= 15 is 0 Å². The van der Waals surface area contributed by atoms with Crippen LogP contribution in [0.3, 0.4) is 0 Å². The summed E-state index contributed by atoms with van der Waals surface area (Å²) in [6.45, 7) is 34.4. The first-order valence-electron chi connectivity index (χ1n) is 16.9. The third-order valence-electron chi connectivity index (χ3n) is 6.31. The van der Waals surface area contributed by atoms with Gasteiger partial charge in [0.05, 0.1) is 6.26 Å². The Labute approximate surface area is 274 Å². The van der Waals surface area contributed by atoms with Crippen LogP contribution in [0.4, 0.5) is 4.39 Å². The third-order valence-corrected chi connectivity index (χ3v) is 6.31. The van der Waals surface area contributed by atoms with Crippen molar-refractivity contribution in [3.63, 3.8) is 0 Å². The molecule has 0 aliphatic heterocycles. The van der Waals surface area contributed by atoms with Crippen LogP contribution in [0.15, 0.2) is 84.7 Å². The molecule has 0 aromatic heterocycles. The van der Waals surface area contributed by atoms with Crippen molar-refractivity contribution in [1.29, 1.82) is 0 Å². The van der Waals surface area contributed by atoms with Crippen LogP contribution in [0.25, 0.3) is 0 Å². The van der Waals surface area contributed by atoms with Crippen LogP contribution in [0.1, 0.15) is 143 Å². The fourth-order valence-corrected chi connectivity index (χ4v) is 4.12. The summed E-state index contributed by atoms with van der Waals surface area (Å²) in [5, 5.41) is 7.33.